The summed E-state index contributed by atoms with van der Waals surface area (Å²) in [6.07, 6.45) is 3.72. The van der Waals surface area contributed by atoms with Crippen molar-refractivity contribution in [2.75, 3.05) is 12.3 Å². The zero-order valence-electron chi connectivity index (χ0n) is 10.2. The van der Waals surface area contributed by atoms with E-state index in [1.165, 1.54) is 0 Å². The van der Waals surface area contributed by atoms with E-state index >= 15 is 0 Å². The van der Waals surface area contributed by atoms with Crippen molar-refractivity contribution < 1.29 is 14.6 Å². The highest BCUT2D eigenvalue weighted by Crippen LogP contribution is 2.25. The number of rotatable bonds is 8. The van der Waals surface area contributed by atoms with E-state index in [0.29, 0.717) is 23.1 Å². The van der Waals surface area contributed by atoms with E-state index in [1.54, 1.807) is 18.2 Å². The second-order valence-electron chi connectivity index (χ2n) is 4.09. The molecule has 1 aromatic carbocycles. The number of unbranched alkanes of at least 4 members (excludes halogenated alkanes) is 3. The predicted octanol–water partition coefficient (Wildman–Crippen LogP) is 3.34. The highest BCUT2D eigenvalue weighted by atomic mass is 35.5. The number of aliphatic carboxylic acids is 1. The van der Waals surface area contributed by atoms with E-state index < -0.39 is 5.97 Å². The second-order valence-corrected chi connectivity index (χ2v) is 4.52. The van der Waals surface area contributed by atoms with Gasteiger partial charge in [-0.2, -0.15) is 0 Å². The lowest BCUT2D eigenvalue weighted by Crippen LogP contribution is -2.00. The number of nitrogens with two attached hydrogens (primary N) is 1. The minimum atomic E-state index is -0.736. The van der Waals surface area contributed by atoms with Crippen LogP contribution in [-0.2, 0) is 4.79 Å². The zero-order valence-corrected chi connectivity index (χ0v) is 10.9. The quantitative estimate of drug-likeness (QED) is 0.562. The number of hydrogen-bond acceptors (Lipinski definition) is 3. The van der Waals surface area contributed by atoms with E-state index in [9.17, 15) is 4.79 Å². The first kappa shape index (κ1) is 14.6. The molecule has 0 aliphatic carbocycles. The third-order valence-electron chi connectivity index (χ3n) is 2.51. The summed E-state index contributed by atoms with van der Waals surface area (Å²) in [5, 5.41) is 9.06. The molecule has 4 nitrogen and oxygen atoms in total. The molecule has 0 fully saturated rings. The minimum Gasteiger partial charge on any atom is -0.491 e. The fourth-order valence-electron chi connectivity index (χ4n) is 1.56. The van der Waals surface area contributed by atoms with Gasteiger partial charge in [0.2, 0.25) is 0 Å². The zero-order chi connectivity index (χ0) is 13.4. The van der Waals surface area contributed by atoms with Crippen LogP contribution in [0.5, 0.6) is 5.75 Å². The monoisotopic (exact) mass is 271 g/mol. The minimum absolute atomic E-state index is 0.241. The molecule has 18 heavy (non-hydrogen) atoms. The molecule has 0 saturated heterocycles. The molecule has 0 aliphatic rings. The van der Waals surface area contributed by atoms with Gasteiger partial charge in [0.1, 0.15) is 5.75 Å². The van der Waals surface area contributed by atoms with Gasteiger partial charge in [0.25, 0.3) is 0 Å². The summed E-state index contributed by atoms with van der Waals surface area (Å²) in [6, 6.07) is 5.14. The number of ether oxygens (including phenoxy) is 1. The van der Waals surface area contributed by atoms with Gasteiger partial charge in [0.15, 0.2) is 0 Å². The molecule has 1 aromatic rings. The van der Waals surface area contributed by atoms with Crippen LogP contribution in [0.3, 0.4) is 0 Å². The maximum Gasteiger partial charge on any atom is 0.303 e. The Bertz CT molecular complexity index is 396. The van der Waals surface area contributed by atoms with Crippen molar-refractivity contribution >= 4 is 23.3 Å². The molecule has 0 bridgehead atoms. The van der Waals surface area contributed by atoms with Gasteiger partial charge in [0.05, 0.1) is 12.3 Å². The van der Waals surface area contributed by atoms with Crippen molar-refractivity contribution in [3.05, 3.63) is 23.2 Å². The molecule has 0 spiro atoms. The van der Waals surface area contributed by atoms with Crippen LogP contribution in [0.1, 0.15) is 32.1 Å². The highest BCUT2D eigenvalue weighted by Gasteiger charge is 2.01. The summed E-state index contributed by atoms with van der Waals surface area (Å²) in [7, 11) is 0. The van der Waals surface area contributed by atoms with Crippen LogP contribution in [0, 0.1) is 0 Å². The molecule has 0 aliphatic heterocycles. The molecule has 0 saturated carbocycles. The Balaban J connectivity index is 2.12. The number of benzene rings is 1. The Labute approximate surface area is 112 Å². The van der Waals surface area contributed by atoms with Crippen LogP contribution in [0.25, 0.3) is 0 Å². The van der Waals surface area contributed by atoms with Gasteiger partial charge < -0.3 is 15.6 Å². The van der Waals surface area contributed by atoms with Crippen LogP contribution < -0.4 is 10.5 Å². The Hall–Kier alpha value is -1.42. The second kappa shape index (κ2) is 7.82. The molecular weight excluding hydrogens is 254 g/mol. The smallest absolute Gasteiger partial charge is 0.303 e. The van der Waals surface area contributed by atoms with Crippen LogP contribution >= 0.6 is 11.6 Å². The van der Waals surface area contributed by atoms with Crippen LogP contribution in [-0.4, -0.2) is 17.7 Å². The Morgan fingerprint density at radius 2 is 2.00 bits per heavy atom. The molecule has 5 heteroatoms. The van der Waals surface area contributed by atoms with Crippen LogP contribution in [0.2, 0.25) is 5.02 Å². The molecule has 3 N–H and O–H groups in total. The van der Waals surface area contributed by atoms with E-state index in [0.717, 1.165) is 25.7 Å². The van der Waals surface area contributed by atoms with E-state index in [4.69, 9.17) is 27.2 Å². The lowest BCUT2D eigenvalue weighted by Gasteiger charge is -2.08. The lowest BCUT2D eigenvalue weighted by molar-refractivity contribution is -0.137. The van der Waals surface area contributed by atoms with Gasteiger partial charge in [-0.3, -0.25) is 4.79 Å². The van der Waals surface area contributed by atoms with Crippen LogP contribution in [0.15, 0.2) is 18.2 Å². The average Bonchev–Trinajstić information content (AvgIpc) is 2.30. The van der Waals surface area contributed by atoms with Gasteiger partial charge in [0, 0.05) is 11.4 Å². The molecule has 0 atom stereocenters. The summed E-state index contributed by atoms with van der Waals surface area (Å²) >= 11 is 5.78. The predicted molar refractivity (Wildman–Crippen MR) is 72.1 cm³/mol. The first-order valence-electron chi connectivity index (χ1n) is 5.99. The Morgan fingerprint density at radius 1 is 1.28 bits per heavy atom. The SMILES string of the molecule is Nc1cc(Cl)ccc1OCCCCCCC(=O)O. The average molecular weight is 272 g/mol. The van der Waals surface area contributed by atoms with Gasteiger partial charge in [-0.05, 0) is 31.0 Å². The van der Waals surface area contributed by atoms with Crippen LogP contribution in [0.4, 0.5) is 5.69 Å². The van der Waals surface area contributed by atoms with Gasteiger partial charge >= 0.3 is 5.97 Å². The number of carbonyl (C=O) groups is 1. The van der Waals surface area contributed by atoms with Crippen molar-refractivity contribution in [2.24, 2.45) is 0 Å². The summed E-state index contributed by atoms with van der Waals surface area (Å²) in [5.74, 6) is -0.0925. The first-order chi connectivity index (χ1) is 8.59. The van der Waals surface area contributed by atoms with Gasteiger partial charge in [-0.1, -0.05) is 24.4 Å². The molecular formula is C13H18ClNO3. The largest absolute Gasteiger partial charge is 0.491 e. The number of carboxylic acid groups (broad SMARTS) is 1. The topological polar surface area (TPSA) is 72.5 Å². The van der Waals surface area contributed by atoms with E-state index in [-0.39, 0.29) is 6.42 Å². The lowest BCUT2D eigenvalue weighted by atomic mass is 10.1. The van der Waals surface area contributed by atoms with E-state index in [1.807, 2.05) is 0 Å². The Kier molecular flexibility index (Phi) is 6.36. The summed E-state index contributed by atoms with van der Waals surface area (Å²) < 4.78 is 5.52. The maximum absolute atomic E-state index is 10.3. The van der Waals surface area contributed by atoms with Crippen molar-refractivity contribution in [3.8, 4) is 5.75 Å². The third-order valence-corrected chi connectivity index (χ3v) is 2.75. The van der Waals surface area contributed by atoms with Gasteiger partial charge in [-0.15, -0.1) is 0 Å². The number of hydrogen-bond donors (Lipinski definition) is 2. The highest BCUT2D eigenvalue weighted by molar-refractivity contribution is 6.30. The molecule has 0 aromatic heterocycles. The maximum atomic E-state index is 10.3. The summed E-state index contributed by atoms with van der Waals surface area (Å²) in [4.78, 5) is 10.3. The molecule has 0 unspecified atom stereocenters. The van der Waals surface area contributed by atoms with Gasteiger partial charge in [-0.25, -0.2) is 0 Å². The normalized spacial score (nSPS) is 10.3. The third kappa shape index (κ3) is 5.77. The fraction of sp³-hybridized carbons (Fsp3) is 0.462. The molecule has 0 amide bonds. The molecule has 0 radical (unpaired) electrons. The first-order valence-corrected chi connectivity index (χ1v) is 6.37. The standard InChI is InChI=1S/C13H18ClNO3/c14-10-6-7-12(11(15)9-10)18-8-4-2-1-3-5-13(16)17/h6-7,9H,1-5,8,15H2,(H,16,17). The summed E-state index contributed by atoms with van der Waals surface area (Å²) in [5.41, 5.74) is 6.28. The number of halogens is 1. The van der Waals surface area contributed by atoms with Crippen molar-refractivity contribution in [2.45, 2.75) is 32.1 Å². The molecule has 0 heterocycles. The number of nitrogen functional groups attached to an aromatic ring is 1. The van der Waals surface area contributed by atoms with Crippen molar-refractivity contribution in [1.82, 2.24) is 0 Å². The van der Waals surface area contributed by atoms with Crippen molar-refractivity contribution in [3.63, 3.8) is 0 Å². The number of anilines is 1. The fourth-order valence-corrected chi connectivity index (χ4v) is 1.75. The summed E-state index contributed by atoms with van der Waals surface area (Å²) in [6.45, 7) is 0.582. The molecule has 1 rings (SSSR count). The number of carboxylic acids is 1. The van der Waals surface area contributed by atoms with Crippen molar-refractivity contribution in [1.29, 1.82) is 0 Å². The van der Waals surface area contributed by atoms with E-state index in [2.05, 4.69) is 0 Å². The Morgan fingerprint density at radius 3 is 2.67 bits per heavy atom. The molecule has 100 valence electrons.